The van der Waals surface area contributed by atoms with Crippen molar-refractivity contribution in [2.75, 3.05) is 0 Å². The first kappa shape index (κ1) is 17.0. The van der Waals surface area contributed by atoms with Gasteiger partial charge in [-0.3, -0.25) is 9.59 Å². The number of alkyl halides is 3. The van der Waals surface area contributed by atoms with Crippen LogP contribution in [0.3, 0.4) is 0 Å². The summed E-state index contributed by atoms with van der Waals surface area (Å²) in [5.74, 6) is -0.458. The number of fused-ring (bicyclic) bond motifs is 2. The van der Waals surface area contributed by atoms with Gasteiger partial charge in [0, 0.05) is 22.6 Å². The third kappa shape index (κ3) is 3.10. The standard InChI is InChI=1S/C21H11F3O3/c22-21(23,24)15-6-3-5-13(9-15)20(26)16-10-14-8-12-4-1-2-7-18(12)27-19(14)11-17(16)25/h1-11H. The Morgan fingerprint density at radius 2 is 1.67 bits per heavy atom. The summed E-state index contributed by atoms with van der Waals surface area (Å²) in [5.41, 5.74) is -0.845. The Kier molecular flexibility index (Phi) is 3.84. The second kappa shape index (κ2) is 6.09. The first-order valence-electron chi connectivity index (χ1n) is 8.01. The molecule has 2 aromatic rings. The minimum Gasteiger partial charge on any atom is -0.456 e. The largest absolute Gasteiger partial charge is 0.456 e. The zero-order chi connectivity index (χ0) is 19.2. The molecule has 27 heavy (non-hydrogen) atoms. The molecular weight excluding hydrogens is 357 g/mol. The van der Waals surface area contributed by atoms with Crippen molar-refractivity contribution in [1.29, 1.82) is 0 Å². The molecule has 134 valence electrons. The lowest BCUT2D eigenvalue weighted by atomic mass is 9.97. The highest BCUT2D eigenvalue weighted by atomic mass is 19.4. The van der Waals surface area contributed by atoms with Crippen LogP contribution in [-0.2, 0) is 6.18 Å². The van der Waals surface area contributed by atoms with Crippen molar-refractivity contribution < 1.29 is 22.4 Å². The van der Waals surface area contributed by atoms with Crippen LogP contribution < -0.4 is 5.43 Å². The topological polar surface area (TPSA) is 47.3 Å². The van der Waals surface area contributed by atoms with Crippen LogP contribution in [-0.4, -0.2) is 5.78 Å². The van der Waals surface area contributed by atoms with E-state index in [0.29, 0.717) is 16.9 Å². The average Bonchev–Trinajstić information content (AvgIpc) is 2.65. The monoisotopic (exact) mass is 368 g/mol. The fraction of sp³-hybridized carbons (Fsp3) is 0.0476. The summed E-state index contributed by atoms with van der Waals surface area (Å²) in [5, 5.41) is 0.779. The van der Waals surface area contributed by atoms with E-state index < -0.39 is 23.0 Å². The van der Waals surface area contributed by atoms with Crippen LogP contribution in [0.15, 0.2) is 75.9 Å². The predicted octanol–water partition coefficient (Wildman–Crippen LogP) is 5.15. The summed E-state index contributed by atoms with van der Waals surface area (Å²) in [7, 11) is 0. The minimum absolute atomic E-state index is 0.195. The van der Waals surface area contributed by atoms with E-state index in [2.05, 4.69) is 0 Å². The number of para-hydroxylation sites is 1. The molecule has 0 bridgehead atoms. The SMILES string of the molecule is O=C(c1cccc(C(F)(F)F)c1)c1cc2cc3ccccc3oc-2cc1=O. The number of hydrogen-bond acceptors (Lipinski definition) is 3. The number of benzene rings is 3. The van der Waals surface area contributed by atoms with E-state index >= 15 is 0 Å². The van der Waals surface area contributed by atoms with Gasteiger partial charge in [0.1, 0.15) is 11.3 Å². The summed E-state index contributed by atoms with van der Waals surface area (Å²) in [6, 6.07) is 15.5. The van der Waals surface area contributed by atoms with Gasteiger partial charge in [-0.1, -0.05) is 30.3 Å². The van der Waals surface area contributed by atoms with Gasteiger partial charge < -0.3 is 4.42 Å². The van der Waals surface area contributed by atoms with E-state index in [0.717, 1.165) is 23.6 Å². The second-order valence-corrected chi connectivity index (χ2v) is 6.08. The molecule has 6 heteroatoms. The molecule has 0 atom stereocenters. The molecule has 0 fully saturated rings. The smallest absolute Gasteiger partial charge is 0.416 e. The van der Waals surface area contributed by atoms with Gasteiger partial charge in [0.05, 0.1) is 11.1 Å². The molecule has 1 heterocycles. The lowest BCUT2D eigenvalue weighted by molar-refractivity contribution is -0.137. The first-order chi connectivity index (χ1) is 12.8. The molecule has 1 aliphatic heterocycles. The maximum atomic E-state index is 12.9. The van der Waals surface area contributed by atoms with Gasteiger partial charge in [-0.15, -0.1) is 0 Å². The zero-order valence-electron chi connectivity index (χ0n) is 13.7. The summed E-state index contributed by atoms with van der Waals surface area (Å²) < 4.78 is 44.3. The Hall–Kier alpha value is -3.41. The molecule has 4 rings (SSSR count). The third-order valence-corrected chi connectivity index (χ3v) is 4.26. The van der Waals surface area contributed by atoms with Gasteiger partial charge in [-0.2, -0.15) is 13.2 Å². The predicted molar refractivity (Wildman–Crippen MR) is 94.0 cm³/mol. The number of halogens is 3. The molecule has 0 unspecified atom stereocenters. The number of ketones is 1. The maximum Gasteiger partial charge on any atom is 0.416 e. The fourth-order valence-corrected chi connectivity index (χ4v) is 2.93. The van der Waals surface area contributed by atoms with Crippen molar-refractivity contribution in [2.45, 2.75) is 6.18 Å². The van der Waals surface area contributed by atoms with Gasteiger partial charge in [0.2, 0.25) is 0 Å². The minimum atomic E-state index is -4.57. The van der Waals surface area contributed by atoms with Gasteiger partial charge in [-0.05, 0) is 30.3 Å². The lowest BCUT2D eigenvalue weighted by Crippen LogP contribution is -2.16. The molecule has 0 aromatic heterocycles. The van der Waals surface area contributed by atoms with E-state index in [1.807, 2.05) is 12.1 Å². The molecule has 3 nitrogen and oxygen atoms in total. The first-order valence-corrected chi connectivity index (χ1v) is 8.01. The van der Waals surface area contributed by atoms with Gasteiger partial charge in [0.25, 0.3) is 0 Å². The second-order valence-electron chi connectivity index (χ2n) is 6.08. The van der Waals surface area contributed by atoms with Crippen LogP contribution in [0, 0.1) is 0 Å². The van der Waals surface area contributed by atoms with Crippen LogP contribution in [0.1, 0.15) is 21.5 Å². The summed E-state index contributed by atoms with van der Waals surface area (Å²) >= 11 is 0. The van der Waals surface area contributed by atoms with Crippen molar-refractivity contribution in [3.8, 4) is 11.3 Å². The average molecular weight is 368 g/mol. The summed E-state index contributed by atoms with van der Waals surface area (Å²) in [6.07, 6.45) is -4.57. The van der Waals surface area contributed by atoms with Gasteiger partial charge >= 0.3 is 6.18 Å². The van der Waals surface area contributed by atoms with Crippen LogP contribution in [0.5, 0.6) is 0 Å². The lowest BCUT2D eigenvalue weighted by Gasteiger charge is -2.10. The van der Waals surface area contributed by atoms with Crippen molar-refractivity contribution in [1.82, 2.24) is 0 Å². The van der Waals surface area contributed by atoms with E-state index in [9.17, 15) is 22.8 Å². The highest BCUT2D eigenvalue weighted by Crippen LogP contribution is 2.31. The van der Waals surface area contributed by atoms with E-state index in [1.165, 1.54) is 18.2 Å². The van der Waals surface area contributed by atoms with Crippen LogP contribution in [0.4, 0.5) is 13.2 Å². The number of carbonyl (C=O) groups excluding carboxylic acids is 1. The van der Waals surface area contributed by atoms with Crippen molar-refractivity contribution in [3.05, 3.63) is 93.6 Å². The van der Waals surface area contributed by atoms with Crippen LogP contribution in [0.25, 0.3) is 22.3 Å². The Morgan fingerprint density at radius 1 is 0.889 bits per heavy atom. The maximum absolute atomic E-state index is 12.9. The van der Waals surface area contributed by atoms with Crippen molar-refractivity contribution in [2.24, 2.45) is 0 Å². The van der Waals surface area contributed by atoms with Gasteiger partial charge in [-0.25, -0.2) is 0 Å². The summed E-state index contributed by atoms with van der Waals surface area (Å²) in [4.78, 5) is 25.0. The Morgan fingerprint density at radius 3 is 2.44 bits per heavy atom. The third-order valence-electron chi connectivity index (χ3n) is 4.26. The molecule has 0 radical (unpaired) electrons. The molecule has 0 N–H and O–H groups in total. The molecule has 0 saturated heterocycles. The Labute approximate surface area is 151 Å². The highest BCUT2D eigenvalue weighted by Gasteiger charge is 2.31. The molecular formula is C21H11F3O3. The van der Waals surface area contributed by atoms with E-state index in [-0.39, 0.29) is 11.1 Å². The number of hydrogen-bond donors (Lipinski definition) is 0. The molecule has 0 amide bonds. The van der Waals surface area contributed by atoms with E-state index in [4.69, 9.17) is 4.42 Å². The van der Waals surface area contributed by atoms with Gasteiger partial charge in [0.15, 0.2) is 11.2 Å². The molecule has 1 aliphatic carbocycles. The fourth-order valence-electron chi connectivity index (χ4n) is 2.93. The Bertz CT molecular complexity index is 1210. The quantitative estimate of drug-likeness (QED) is 0.363. The Balaban J connectivity index is 1.85. The van der Waals surface area contributed by atoms with Crippen molar-refractivity contribution >= 4 is 16.8 Å². The zero-order valence-corrected chi connectivity index (χ0v) is 13.7. The highest BCUT2D eigenvalue weighted by molar-refractivity contribution is 6.09. The van der Waals surface area contributed by atoms with Crippen molar-refractivity contribution in [3.63, 3.8) is 0 Å². The number of carbonyl (C=O) groups is 1. The van der Waals surface area contributed by atoms with Crippen LogP contribution >= 0.6 is 0 Å². The molecule has 0 saturated carbocycles. The summed E-state index contributed by atoms with van der Waals surface area (Å²) in [6.45, 7) is 0. The molecule has 2 aromatic carbocycles. The number of rotatable bonds is 2. The van der Waals surface area contributed by atoms with E-state index in [1.54, 1.807) is 18.2 Å². The molecule has 2 aliphatic rings. The normalized spacial score (nSPS) is 11.8. The molecule has 0 spiro atoms. The van der Waals surface area contributed by atoms with Crippen LogP contribution in [0.2, 0.25) is 0 Å².